The fourth-order valence-electron chi connectivity index (χ4n) is 1.97. The van der Waals surface area contributed by atoms with Gasteiger partial charge in [-0.15, -0.1) is 11.8 Å². The Balaban J connectivity index is 2.36. The Morgan fingerprint density at radius 2 is 1.77 bits per heavy atom. The van der Waals surface area contributed by atoms with Crippen molar-refractivity contribution >= 4 is 33.4 Å². The molecule has 0 aliphatic heterocycles. The van der Waals surface area contributed by atoms with Crippen LogP contribution in [-0.2, 0) is 10.0 Å². The van der Waals surface area contributed by atoms with Crippen LogP contribution in [0.4, 0.5) is 5.69 Å². The van der Waals surface area contributed by atoms with Gasteiger partial charge in [0.2, 0.25) is 5.91 Å². The molecule has 116 valence electrons. The fourth-order valence-corrected chi connectivity index (χ4v) is 3.50. The highest BCUT2D eigenvalue weighted by Crippen LogP contribution is 2.23. The van der Waals surface area contributed by atoms with E-state index < -0.39 is 15.9 Å². The van der Waals surface area contributed by atoms with Gasteiger partial charge in [-0.2, -0.15) is 0 Å². The summed E-state index contributed by atoms with van der Waals surface area (Å²) in [5.74, 6) is -0.595. The third kappa shape index (κ3) is 3.42. The second-order valence-electron chi connectivity index (χ2n) is 4.62. The second-order valence-corrected chi connectivity index (χ2v) is 7.19. The number of carbonyl (C=O) groups excluding carboxylic acids is 1. The monoisotopic (exact) mass is 336 g/mol. The van der Waals surface area contributed by atoms with Crippen LogP contribution in [0, 0.1) is 6.92 Å². The van der Waals surface area contributed by atoms with Crippen molar-refractivity contribution in [3.8, 4) is 0 Å². The molecule has 0 saturated carbocycles. The number of benzene rings is 2. The van der Waals surface area contributed by atoms with E-state index in [1.807, 2.05) is 6.26 Å². The number of primary amides is 1. The van der Waals surface area contributed by atoms with Crippen molar-refractivity contribution in [1.29, 1.82) is 0 Å². The predicted molar refractivity (Wildman–Crippen MR) is 88.7 cm³/mol. The average Bonchev–Trinajstić information content (AvgIpc) is 2.49. The van der Waals surface area contributed by atoms with Gasteiger partial charge in [-0.25, -0.2) is 8.42 Å². The molecule has 0 spiro atoms. The van der Waals surface area contributed by atoms with Crippen molar-refractivity contribution in [2.75, 3.05) is 11.0 Å². The van der Waals surface area contributed by atoms with Gasteiger partial charge < -0.3 is 5.73 Å². The minimum Gasteiger partial charge on any atom is -0.366 e. The maximum atomic E-state index is 12.4. The Kier molecular flexibility index (Phi) is 4.77. The quantitative estimate of drug-likeness (QED) is 0.821. The van der Waals surface area contributed by atoms with Crippen molar-refractivity contribution in [1.82, 2.24) is 0 Å². The molecular weight excluding hydrogens is 320 g/mol. The van der Waals surface area contributed by atoms with Crippen LogP contribution in [0.25, 0.3) is 0 Å². The minimum absolute atomic E-state index is 0.161. The molecule has 0 aliphatic carbocycles. The highest BCUT2D eigenvalue weighted by Gasteiger charge is 2.17. The number of hydrogen-bond donors (Lipinski definition) is 2. The van der Waals surface area contributed by atoms with Crippen molar-refractivity contribution in [3.63, 3.8) is 0 Å². The SMILES string of the molecule is CSc1ccc(S(=O)(=O)Nc2cccc(C(N)=O)c2C)cc1. The summed E-state index contributed by atoms with van der Waals surface area (Å²) in [6.45, 7) is 1.65. The van der Waals surface area contributed by atoms with Gasteiger partial charge in [0.15, 0.2) is 0 Å². The summed E-state index contributed by atoms with van der Waals surface area (Å²) in [5, 5.41) is 0. The van der Waals surface area contributed by atoms with Crippen LogP contribution in [0.2, 0.25) is 0 Å². The van der Waals surface area contributed by atoms with Gasteiger partial charge in [-0.1, -0.05) is 6.07 Å². The van der Waals surface area contributed by atoms with Gasteiger partial charge in [0, 0.05) is 10.5 Å². The Morgan fingerprint density at radius 3 is 2.32 bits per heavy atom. The molecule has 2 aromatic carbocycles. The van der Waals surface area contributed by atoms with Crippen LogP contribution in [0.15, 0.2) is 52.3 Å². The summed E-state index contributed by atoms with van der Waals surface area (Å²) in [6, 6.07) is 11.3. The summed E-state index contributed by atoms with van der Waals surface area (Å²) in [4.78, 5) is 12.5. The number of amides is 1. The fraction of sp³-hybridized carbons (Fsp3) is 0.133. The van der Waals surface area contributed by atoms with Gasteiger partial charge in [-0.05, 0) is 55.1 Å². The number of nitrogens with two attached hydrogens (primary N) is 1. The second kappa shape index (κ2) is 6.41. The zero-order chi connectivity index (χ0) is 16.3. The molecule has 0 unspecified atom stereocenters. The lowest BCUT2D eigenvalue weighted by Gasteiger charge is -2.12. The molecule has 22 heavy (non-hydrogen) atoms. The molecule has 0 saturated heterocycles. The van der Waals surface area contributed by atoms with E-state index in [0.717, 1.165) is 4.90 Å². The first-order chi connectivity index (χ1) is 10.3. The Hall–Kier alpha value is -1.99. The van der Waals surface area contributed by atoms with Crippen molar-refractivity contribution in [2.24, 2.45) is 5.73 Å². The number of sulfonamides is 1. The van der Waals surface area contributed by atoms with Gasteiger partial charge >= 0.3 is 0 Å². The lowest BCUT2D eigenvalue weighted by Crippen LogP contribution is -2.17. The lowest BCUT2D eigenvalue weighted by atomic mass is 10.1. The summed E-state index contributed by atoms with van der Waals surface area (Å²) in [6.07, 6.45) is 1.92. The van der Waals surface area contributed by atoms with E-state index in [1.165, 1.54) is 11.8 Å². The van der Waals surface area contributed by atoms with E-state index in [2.05, 4.69) is 4.72 Å². The Morgan fingerprint density at radius 1 is 1.14 bits per heavy atom. The van der Waals surface area contributed by atoms with E-state index in [9.17, 15) is 13.2 Å². The average molecular weight is 336 g/mol. The molecule has 2 rings (SSSR count). The zero-order valence-corrected chi connectivity index (χ0v) is 13.8. The molecule has 0 fully saturated rings. The largest absolute Gasteiger partial charge is 0.366 e. The highest BCUT2D eigenvalue weighted by molar-refractivity contribution is 7.98. The van der Waals surface area contributed by atoms with E-state index in [-0.39, 0.29) is 10.5 Å². The molecule has 0 heterocycles. The third-order valence-corrected chi connectivity index (χ3v) is 5.34. The molecule has 1 amide bonds. The van der Waals surface area contributed by atoms with Gasteiger partial charge in [0.25, 0.3) is 10.0 Å². The maximum Gasteiger partial charge on any atom is 0.261 e. The number of hydrogen-bond acceptors (Lipinski definition) is 4. The first-order valence-electron chi connectivity index (χ1n) is 6.41. The molecule has 5 nitrogen and oxygen atoms in total. The summed E-state index contributed by atoms with van der Waals surface area (Å²) in [7, 11) is -3.71. The van der Waals surface area contributed by atoms with Gasteiger partial charge in [0.1, 0.15) is 0 Å². The molecule has 2 aromatic rings. The normalized spacial score (nSPS) is 11.2. The van der Waals surface area contributed by atoms with Crippen LogP contribution in [0.1, 0.15) is 15.9 Å². The van der Waals surface area contributed by atoms with E-state index >= 15 is 0 Å². The molecule has 0 atom stereocenters. The van der Waals surface area contributed by atoms with Crippen molar-refractivity contribution in [2.45, 2.75) is 16.7 Å². The molecule has 0 bridgehead atoms. The van der Waals surface area contributed by atoms with Crippen LogP contribution < -0.4 is 10.5 Å². The van der Waals surface area contributed by atoms with Crippen LogP contribution in [0.5, 0.6) is 0 Å². The molecule has 0 aliphatic rings. The number of carbonyl (C=O) groups is 1. The number of anilines is 1. The molecule has 3 N–H and O–H groups in total. The Labute approximate surface area is 134 Å². The van der Waals surface area contributed by atoms with E-state index in [1.54, 1.807) is 49.4 Å². The van der Waals surface area contributed by atoms with Gasteiger partial charge in [0.05, 0.1) is 10.6 Å². The van der Waals surface area contributed by atoms with E-state index in [0.29, 0.717) is 11.3 Å². The summed E-state index contributed by atoms with van der Waals surface area (Å²) in [5.41, 5.74) is 6.40. The number of nitrogens with one attached hydrogen (secondary N) is 1. The minimum atomic E-state index is -3.71. The maximum absolute atomic E-state index is 12.4. The first kappa shape index (κ1) is 16.4. The zero-order valence-electron chi connectivity index (χ0n) is 12.2. The van der Waals surface area contributed by atoms with E-state index in [4.69, 9.17) is 5.73 Å². The molecule has 0 aromatic heterocycles. The van der Waals surface area contributed by atoms with Crippen LogP contribution in [-0.4, -0.2) is 20.6 Å². The number of thioether (sulfide) groups is 1. The Bertz CT molecular complexity index is 800. The van der Waals surface area contributed by atoms with Crippen LogP contribution >= 0.6 is 11.8 Å². The standard InChI is InChI=1S/C15H16N2O3S2/c1-10-13(15(16)18)4-3-5-14(10)17-22(19,20)12-8-6-11(21-2)7-9-12/h3-9,17H,1-2H3,(H2,16,18). The molecule has 7 heteroatoms. The third-order valence-electron chi connectivity index (χ3n) is 3.21. The predicted octanol–water partition coefficient (Wildman–Crippen LogP) is 2.62. The highest BCUT2D eigenvalue weighted by atomic mass is 32.2. The summed E-state index contributed by atoms with van der Waals surface area (Å²) >= 11 is 1.53. The first-order valence-corrected chi connectivity index (χ1v) is 9.12. The lowest BCUT2D eigenvalue weighted by molar-refractivity contribution is 0.0999. The molecule has 0 radical (unpaired) electrons. The number of rotatable bonds is 5. The smallest absolute Gasteiger partial charge is 0.261 e. The van der Waals surface area contributed by atoms with Crippen molar-refractivity contribution < 1.29 is 13.2 Å². The van der Waals surface area contributed by atoms with Crippen molar-refractivity contribution in [3.05, 3.63) is 53.6 Å². The summed E-state index contributed by atoms with van der Waals surface area (Å²) < 4.78 is 27.3. The van der Waals surface area contributed by atoms with Crippen LogP contribution in [0.3, 0.4) is 0 Å². The molecular formula is C15H16N2O3S2. The van der Waals surface area contributed by atoms with Gasteiger partial charge in [-0.3, -0.25) is 9.52 Å². The topological polar surface area (TPSA) is 89.3 Å².